The van der Waals surface area contributed by atoms with Crippen molar-refractivity contribution in [2.45, 2.75) is 51.7 Å². The number of carbonyl (C=O) groups excluding carboxylic acids is 1. The predicted molar refractivity (Wildman–Crippen MR) is 130 cm³/mol. The van der Waals surface area contributed by atoms with Crippen molar-refractivity contribution in [3.63, 3.8) is 0 Å². The summed E-state index contributed by atoms with van der Waals surface area (Å²) in [5.41, 5.74) is 1.51. The van der Waals surface area contributed by atoms with E-state index in [-0.39, 0.29) is 18.6 Å². The largest absolute Gasteiger partial charge is 0.493 e. The van der Waals surface area contributed by atoms with Crippen LogP contribution in [0.4, 0.5) is 4.39 Å². The molecule has 5 nitrogen and oxygen atoms in total. The van der Waals surface area contributed by atoms with Gasteiger partial charge in [0.25, 0.3) is 5.91 Å². The molecule has 3 rings (SSSR count). The Labute approximate surface area is 197 Å². The van der Waals surface area contributed by atoms with Gasteiger partial charge in [-0.3, -0.25) is 4.79 Å². The van der Waals surface area contributed by atoms with Crippen molar-refractivity contribution >= 4 is 5.91 Å². The van der Waals surface area contributed by atoms with E-state index < -0.39 is 5.67 Å². The summed E-state index contributed by atoms with van der Waals surface area (Å²) in [6.45, 7) is 8.16. The fourth-order valence-electron chi connectivity index (χ4n) is 4.16. The number of nitrogens with one attached hydrogen (secondary N) is 1. The molecule has 1 saturated heterocycles. The lowest BCUT2D eigenvalue weighted by molar-refractivity contribution is 0.0836. The van der Waals surface area contributed by atoms with Gasteiger partial charge in [-0.1, -0.05) is 31.2 Å². The lowest BCUT2D eigenvalue weighted by atomic mass is 9.97. The van der Waals surface area contributed by atoms with Gasteiger partial charge in [0.15, 0.2) is 0 Å². The first kappa shape index (κ1) is 25.2. The summed E-state index contributed by atoms with van der Waals surface area (Å²) in [5, 5.41) is 12.1. The first-order chi connectivity index (χ1) is 15.8. The van der Waals surface area contributed by atoms with E-state index in [0.29, 0.717) is 31.1 Å². The van der Waals surface area contributed by atoms with E-state index in [0.717, 1.165) is 42.8 Å². The molecule has 0 aromatic heterocycles. The van der Waals surface area contributed by atoms with Crippen LogP contribution >= 0.6 is 0 Å². The van der Waals surface area contributed by atoms with Crippen LogP contribution in [0.3, 0.4) is 0 Å². The number of ether oxygens (including phenoxy) is 1. The molecule has 1 heterocycles. The van der Waals surface area contributed by atoms with Crippen molar-refractivity contribution in [3.8, 4) is 16.9 Å². The van der Waals surface area contributed by atoms with Crippen molar-refractivity contribution in [1.82, 2.24) is 10.2 Å². The van der Waals surface area contributed by atoms with E-state index in [1.54, 1.807) is 26.0 Å². The number of amides is 1. The highest BCUT2D eigenvalue weighted by atomic mass is 19.1. The summed E-state index contributed by atoms with van der Waals surface area (Å²) in [5.74, 6) is 1.17. The number of benzene rings is 2. The predicted octanol–water partition coefficient (Wildman–Crippen LogP) is 4.69. The van der Waals surface area contributed by atoms with Crippen LogP contribution in [-0.4, -0.2) is 60.5 Å². The first-order valence-corrected chi connectivity index (χ1v) is 11.9. The van der Waals surface area contributed by atoms with Crippen LogP contribution in [0.15, 0.2) is 48.5 Å². The molecule has 1 atom stereocenters. The number of aliphatic hydroxyl groups excluding tert-OH is 1. The fraction of sp³-hybridized carbons (Fsp3) is 0.519. The van der Waals surface area contributed by atoms with Crippen LogP contribution < -0.4 is 10.1 Å². The lowest BCUT2D eigenvalue weighted by Crippen LogP contribution is -2.41. The summed E-state index contributed by atoms with van der Waals surface area (Å²) in [6, 6.07) is 15.2. The number of carbonyl (C=O) groups is 1. The maximum Gasteiger partial charge on any atom is 0.251 e. The molecule has 2 aromatic rings. The van der Waals surface area contributed by atoms with Gasteiger partial charge in [0.2, 0.25) is 0 Å². The molecule has 1 aliphatic rings. The third kappa shape index (κ3) is 7.83. The molecular formula is C27H37FN2O3. The number of likely N-dealkylation sites (tertiary alicyclic amines) is 1. The highest BCUT2D eigenvalue weighted by Crippen LogP contribution is 2.25. The van der Waals surface area contributed by atoms with Gasteiger partial charge in [0, 0.05) is 12.1 Å². The van der Waals surface area contributed by atoms with E-state index in [9.17, 15) is 14.3 Å². The van der Waals surface area contributed by atoms with Crippen molar-refractivity contribution in [2.75, 3.05) is 32.8 Å². The molecule has 2 aromatic carbocycles. The van der Waals surface area contributed by atoms with Gasteiger partial charge in [0.1, 0.15) is 11.4 Å². The van der Waals surface area contributed by atoms with Crippen LogP contribution in [0.5, 0.6) is 5.75 Å². The standard InChI is InChI=1S/C27H37FN2O3/c1-4-24(17-31)29-26(32)23-7-5-21(6-8-23)22-9-11-25(12-10-22)33-18-20-13-15-30(16-14-20)19-27(2,3)28/h5-12,20,24,31H,4,13-19H2,1-3H3,(H,29,32). The Morgan fingerprint density at radius 1 is 1.12 bits per heavy atom. The summed E-state index contributed by atoms with van der Waals surface area (Å²) in [7, 11) is 0. The molecule has 1 amide bonds. The Bertz CT molecular complexity index is 866. The monoisotopic (exact) mass is 456 g/mol. The minimum atomic E-state index is -1.14. The zero-order valence-corrected chi connectivity index (χ0v) is 20.0. The average Bonchev–Trinajstić information content (AvgIpc) is 2.81. The summed E-state index contributed by atoms with van der Waals surface area (Å²) in [6.07, 6.45) is 2.75. The van der Waals surface area contributed by atoms with Gasteiger partial charge in [-0.25, -0.2) is 4.39 Å². The van der Waals surface area contributed by atoms with Crippen molar-refractivity contribution < 1.29 is 19.0 Å². The number of rotatable bonds is 10. The number of aliphatic hydroxyl groups is 1. The maximum atomic E-state index is 13.8. The Morgan fingerprint density at radius 3 is 2.21 bits per heavy atom. The summed E-state index contributed by atoms with van der Waals surface area (Å²) in [4.78, 5) is 14.5. The van der Waals surface area contributed by atoms with Crippen LogP contribution in [0.2, 0.25) is 0 Å². The van der Waals surface area contributed by atoms with Crippen molar-refractivity contribution in [3.05, 3.63) is 54.1 Å². The van der Waals surface area contributed by atoms with E-state index in [1.807, 2.05) is 43.3 Å². The second-order valence-corrected chi connectivity index (χ2v) is 9.61. The van der Waals surface area contributed by atoms with Crippen LogP contribution in [0, 0.1) is 5.92 Å². The van der Waals surface area contributed by atoms with Gasteiger partial charge in [0.05, 0.1) is 19.3 Å². The number of nitrogens with zero attached hydrogens (tertiary/aromatic N) is 1. The number of halogens is 1. The van der Waals surface area contributed by atoms with Crippen LogP contribution in [-0.2, 0) is 0 Å². The highest BCUT2D eigenvalue weighted by Gasteiger charge is 2.25. The molecule has 1 unspecified atom stereocenters. The molecule has 1 aliphatic heterocycles. The smallest absolute Gasteiger partial charge is 0.251 e. The molecule has 0 bridgehead atoms. The highest BCUT2D eigenvalue weighted by molar-refractivity contribution is 5.94. The van der Waals surface area contributed by atoms with Crippen LogP contribution in [0.1, 0.15) is 50.4 Å². The second kappa shape index (κ2) is 11.6. The Kier molecular flexibility index (Phi) is 8.87. The normalized spacial score (nSPS) is 16.4. The third-order valence-electron chi connectivity index (χ3n) is 6.18. The third-order valence-corrected chi connectivity index (χ3v) is 6.18. The van der Waals surface area contributed by atoms with Crippen molar-refractivity contribution in [2.24, 2.45) is 5.92 Å². The fourth-order valence-corrected chi connectivity index (χ4v) is 4.16. The molecule has 6 heteroatoms. The van der Waals surface area contributed by atoms with E-state index in [4.69, 9.17) is 4.74 Å². The second-order valence-electron chi connectivity index (χ2n) is 9.61. The minimum absolute atomic E-state index is 0.0641. The maximum absolute atomic E-state index is 13.8. The Morgan fingerprint density at radius 2 is 1.70 bits per heavy atom. The number of hydrogen-bond acceptors (Lipinski definition) is 4. The molecule has 33 heavy (non-hydrogen) atoms. The molecule has 1 fully saturated rings. The van der Waals surface area contributed by atoms with Gasteiger partial charge in [-0.05, 0) is 87.5 Å². The SMILES string of the molecule is CCC(CO)NC(=O)c1ccc(-c2ccc(OCC3CCN(CC(C)(C)F)CC3)cc2)cc1. The summed E-state index contributed by atoms with van der Waals surface area (Å²) < 4.78 is 19.8. The van der Waals surface area contributed by atoms with Gasteiger partial charge >= 0.3 is 0 Å². The first-order valence-electron chi connectivity index (χ1n) is 11.9. The van der Waals surface area contributed by atoms with Gasteiger partial charge in [-0.2, -0.15) is 0 Å². The minimum Gasteiger partial charge on any atom is -0.493 e. The molecule has 0 radical (unpaired) electrons. The topological polar surface area (TPSA) is 61.8 Å². The number of hydrogen-bond donors (Lipinski definition) is 2. The molecule has 0 aliphatic carbocycles. The zero-order valence-electron chi connectivity index (χ0n) is 20.0. The summed E-state index contributed by atoms with van der Waals surface area (Å²) >= 11 is 0. The van der Waals surface area contributed by atoms with Crippen LogP contribution in [0.25, 0.3) is 11.1 Å². The molecule has 0 spiro atoms. The zero-order chi connectivity index (χ0) is 23.8. The van der Waals surface area contributed by atoms with E-state index in [2.05, 4.69) is 10.2 Å². The van der Waals surface area contributed by atoms with E-state index >= 15 is 0 Å². The van der Waals surface area contributed by atoms with Crippen molar-refractivity contribution in [1.29, 1.82) is 0 Å². The number of piperidine rings is 1. The van der Waals surface area contributed by atoms with Gasteiger partial charge < -0.3 is 20.1 Å². The molecular weight excluding hydrogens is 419 g/mol. The average molecular weight is 457 g/mol. The quantitative estimate of drug-likeness (QED) is 0.544. The molecule has 180 valence electrons. The van der Waals surface area contributed by atoms with Gasteiger partial charge in [-0.15, -0.1) is 0 Å². The Hall–Kier alpha value is -2.44. The number of alkyl halides is 1. The molecule has 0 saturated carbocycles. The molecule has 2 N–H and O–H groups in total. The van der Waals surface area contributed by atoms with E-state index in [1.165, 1.54) is 0 Å². The lowest BCUT2D eigenvalue weighted by Gasteiger charge is -2.34. The Balaban J connectivity index is 1.48.